The minimum absolute atomic E-state index is 0.00546. The molecule has 192 valence electrons. The molecule has 0 spiro atoms. The van der Waals surface area contributed by atoms with Crippen LogP contribution in [0.1, 0.15) is 25.3 Å². The number of rotatable bonds is 11. The summed E-state index contributed by atoms with van der Waals surface area (Å²) in [5, 5.41) is 13.5. The molecule has 2 aromatic carbocycles. The van der Waals surface area contributed by atoms with Crippen molar-refractivity contribution in [1.82, 2.24) is 4.90 Å². The van der Waals surface area contributed by atoms with Gasteiger partial charge in [-0.15, -0.1) is 0 Å². The summed E-state index contributed by atoms with van der Waals surface area (Å²) in [5.41, 5.74) is 17.2. The molecule has 0 unspecified atom stereocenters. The zero-order chi connectivity index (χ0) is 26.7. The molecular weight excluding hydrogens is 470 g/mol. The van der Waals surface area contributed by atoms with Crippen LogP contribution in [0.15, 0.2) is 59.6 Å². The molecule has 0 bridgehead atoms. The lowest BCUT2D eigenvalue weighted by Crippen LogP contribution is -2.55. The summed E-state index contributed by atoms with van der Waals surface area (Å²) >= 11 is 0. The summed E-state index contributed by atoms with van der Waals surface area (Å²) < 4.78 is 5.32. The Kier molecular flexibility index (Phi) is 10.3. The third-order valence-electron chi connectivity index (χ3n) is 4.92. The van der Waals surface area contributed by atoms with E-state index in [0.29, 0.717) is 10.5 Å². The maximum atomic E-state index is 13.2. The number of nitrogens with one attached hydrogen (secondary N) is 1. The lowest BCUT2D eigenvalue weighted by molar-refractivity contribution is -0.384. The topological polar surface area (TPSA) is 209 Å². The molecule has 0 saturated heterocycles. The van der Waals surface area contributed by atoms with Gasteiger partial charge in [-0.1, -0.05) is 30.3 Å². The fourth-order valence-corrected chi connectivity index (χ4v) is 3.14. The smallest absolute Gasteiger partial charge is 0.417 e. The number of nitrogens with two attached hydrogens (primary N) is 3. The lowest BCUT2D eigenvalue weighted by atomic mass is 10.1. The molecule has 3 amide bonds. The quantitative estimate of drug-likeness (QED) is 0.116. The van der Waals surface area contributed by atoms with Gasteiger partial charge in [0.2, 0.25) is 11.8 Å². The van der Waals surface area contributed by atoms with Gasteiger partial charge in [-0.25, -0.2) is 9.69 Å². The number of guanidine groups is 1. The van der Waals surface area contributed by atoms with Gasteiger partial charge >= 0.3 is 6.09 Å². The van der Waals surface area contributed by atoms with Crippen LogP contribution in [-0.2, 0) is 20.9 Å². The summed E-state index contributed by atoms with van der Waals surface area (Å²) in [6.07, 6.45) is -0.814. The highest BCUT2D eigenvalue weighted by Gasteiger charge is 2.37. The van der Waals surface area contributed by atoms with Crippen LogP contribution in [0.5, 0.6) is 0 Å². The number of non-ortho nitro benzene ring substituents is 1. The predicted molar refractivity (Wildman–Crippen MR) is 133 cm³/mol. The number of ether oxygens (including phenoxy) is 1. The SMILES string of the molecule is C[C@H](N)C(=O)N(C(=O)OCc1ccccc1)[C@@H](CCCN=C(N)N)C(=O)Nc1ccc([N+](=O)[O-])cc1. The van der Waals surface area contributed by atoms with E-state index in [2.05, 4.69) is 10.3 Å². The monoisotopic (exact) mass is 499 g/mol. The number of carbonyl (C=O) groups is 3. The number of aliphatic imine (C=N–C) groups is 1. The Hall–Kier alpha value is -4.52. The average Bonchev–Trinajstić information content (AvgIpc) is 2.84. The van der Waals surface area contributed by atoms with E-state index in [9.17, 15) is 24.5 Å². The van der Waals surface area contributed by atoms with Gasteiger partial charge < -0.3 is 27.3 Å². The zero-order valence-electron chi connectivity index (χ0n) is 19.7. The zero-order valence-corrected chi connectivity index (χ0v) is 19.7. The first-order valence-electron chi connectivity index (χ1n) is 11.0. The second kappa shape index (κ2) is 13.4. The van der Waals surface area contributed by atoms with E-state index in [1.165, 1.54) is 31.2 Å². The molecule has 0 aliphatic heterocycles. The van der Waals surface area contributed by atoms with E-state index in [-0.39, 0.29) is 43.3 Å². The summed E-state index contributed by atoms with van der Waals surface area (Å²) in [6, 6.07) is 11.4. The molecule has 7 N–H and O–H groups in total. The van der Waals surface area contributed by atoms with E-state index in [4.69, 9.17) is 21.9 Å². The fraction of sp³-hybridized carbons (Fsp3) is 0.304. The van der Waals surface area contributed by atoms with Gasteiger partial charge in [0.15, 0.2) is 5.96 Å². The molecule has 36 heavy (non-hydrogen) atoms. The number of carbonyl (C=O) groups excluding carboxylic acids is 3. The van der Waals surface area contributed by atoms with Gasteiger partial charge in [0, 0.05) is 24.4 Å². The van der Waals surface area contributed by atoms with Crippen LogP contribution in [0.25, 0.3) is 0 Å². The number of amides is 3. The number of nitro groups is 1. The van der Waals surface area contributed by atoms with E-state index < -0.39 is 34.9 Å². The molecule has 13 heteroatoms. The molecule has 0 fully saturated rings. The van der Waals surface area contributed by atoms with Gasteiger partial charge in [-0.05, 0) is 37.5 Å². The first kappa shape index (κ1) is 27.7. The fourth-order valence-electron chi connectivity index (χ4n) is 3.14. The summed E-state index contributed by atoms with van der Waals surface area (Å²) in [5.74, 6) is -1.69. The number of nitro benzene ring substituents is 1. The van der Waals surface area contributed by atoms with Crippen molar-refractivity contribution in [2.24, 2.45) is 22.2 Å². The largest absolute Gasteiger partial charge is 0.444 e. The van der Waals surface area contributed by atoms with E-state index in [0.717, 1.165) is 0 Å². The number of hydrogen-bond donors (Lipinski definition) is 4. The normalized spacial score (nSPS) is 12.1. The lowest BCUT2D eigenvalue weighted by Gasteiger charge is -2.29. The summed E-state index contributed by atoms with van der Waals surface area (Å²) in [6.45, 7) is 1.39. The Morgan fingerprint density at radius 1 is 1.11 bits per heavy atom. The van der Waals surface area contributed by atoms with Crippen LogP contribution in [0.4, 0.5) is 16.2 Å². The van der Waals surface area contributed by atoms with Crippen LogP contribution >= 0.6 is 0 Å². The van der Waals surface area contributed by atoms with Gasteiger partial charge in [0.25, 0.3) is 5.69 Å². The minimum atomic E-state index is -1.32. The number of hydrogen-bond acceptors (Lipinski definition) is 8. The minimum Gasteiger partial charge on any atom is -0.444 e. The second-order valence-electron chi connectivity index (χ2n) is 7.79. The molecule has 0 saturated carbocycles. The van der Waals surface area contributed by atoms with Crippen LogP contribution in [0.3, 0.4) is 0 Å². The maximum absolute atomic E-state index is 13.2. The molecule has 0 aromatic heterocycles. The van der Waals surface area contributed by atoms with E-state index in [1.54, 1.807) is 30.3 Å². The Morgan fingerprint density at radius 3 is 2.31 bits per heavy atom. The van der Waals surface area contributed by atoms with Crippen molar-refractivity contribution < 1.29 is 24.0 Å². The third kappa shape index (κ3) is 8.36. The first-order valence-corrected chi connectivity index (χ1v) is 11.0. The highest BCUT2D eigenvalue weighted by Crippen LogP contribution is 2.19. The van der Waals surface area contributed by atoms with Gasteiger partial charge in [0.05, 0.1) is 11.0 Å². The molecular formula is C23H29N7O6. The number of anilines is 1. The van der Waals surface area contributed by atoms with Crippen LogP contribution < -0.4 is 22.5 Å². The van der Waals surface area contributed by atoms with Crippen molar-refractivity contribution in [1.29, 1.82) is 0 Å². The van der Waals surface area contributed by atoms with Crippen LogP contribution in [0.2, 0.25) is 0 Å². The Morgan fingerprint density at radius 2 is 1.75 bits per heavy atom. The summed E-state index contributed by atoms with van der Waals surface area (Å²) in [7, 11) is 0. The predicted octanol–water partition coefficient (Wildman–Crippen LogP) is 1.47. The Balaban J connectivity index is 2.30. The van der Waals surface area contributed by atoms with Crippen molar-refractivity contribution in [2.45, 2.75) is 38.5 Å². The Bertz CT molecular complexity index is 1090. The second-order valence-corrected chi connectivity index (χ2v) is 7.79. The van der Waals surface area contributed by atoms with Crippen molar-refractivity contribution in [3.05, 3.63) is 70.3 Å². The first-order chi connectivity index (χ1) is 17.1. The van der Waals surface area contributed by atoms with Crippen molar-refractivity contribution in [3.63, 3.8) is 0 Å². The van der Waals surface area contributed by atoms with Gasteiger partial charge in [0.1, 0.15) is 12.6 Å². The van der Waals surface area contributed by atoms with Crippen molar-refractivity contribution >= 4 is 35.2 Å². The van der Waals surface area contributed by atoms with Crippen molar-refractivity contribution in [2.75, 3.05) is 11.9 Å². The average molecular weight is 500 g/mol. The maximum Gasteiger partial charge on any atom is 0.417 e. The number of imide groups is 1. The highest BCUT2D eigenvalue weighted by molar-refractivity contribution is 6.03. The third-order valence-corrected chi connectivity index (χ3v) is 4.92. The molecule has 13 nitrogen and oxygen atoms in total. The van der Waals surface area contributed by atoms with Crippen molar-refractivity contribution in [3.8, 4) is 0 Å². The summed E-state index contributed by atoms with van der Waals surface area (Å²) in [4.78, 5) is 54.0. The molecule has 2 aromatic rings. The molecule has 0 heterocycles. The highest BCUT2D eigenvalue weighted by atomic mass is 16.6. The van der Waals surface area contributed by atoms with Crippen LogP contribution in [-0.4, -0.2) is 52.3 Å². The standard InChI is InChI=1S/C23H29N7O6/c1-15(24)21(32)29(23(33)36-14-16-6-3-2-4-7-16)19(8-5-13-27-22(25)26)20(31)28-17-9-11-18(12-10-17)30(34)35/h2-4,6-7,9-12,15,19H,5,8,13-14,24H2,1H3,(H,28,31)(H4,25,26,27)/t15-,19-/m0/s1. The molecule has 2 atom stereocenters. The number of benzene rings is 2. The van der Waals surface area contributed by atoms with E-state index in [1.807, 2.05) is 0 Å². The molecule has 0 aliphatic carbocycles. The molecule has 0 radical (unpaired) electrons. The number of nitrogens with zero attached hydrogens (tertiary/aromatic N) is 3. The van der Waals surface area contributed by atoms with Gasteiger partial charge in [-0.3, -0.25) is 24.7 Å². The van der Waals surface area contributed by atoms with Gasteiger partial charge in [-0.2, -0.15) is 0 Å². The van der Waals surface area contributed by atoms with E-state index >= 15 is 0 Å². The van der Waals surface area contributed by atoms with Crippen LogP contribution in [0, 0.1) is 10.1 Å². The Labute approximate surface area is 207 Å². The molecule has 2 rings (SSSR count). The molecule has 0 aliphatic rings.